The molecule has 0 unspecified atom stereocenters. The van der Waals surface area contributed by atoms with Crippen LogP contribution in [0.1, 0.15) is 26.3 Å². The van der Waals surface area contributed by atoms with Crippen LogP contribution in [0.15, 0.2) is 60.7 Å². The minimum absolute atomic E-state index is 0.225. The molecule has 8 nitrogen and oxygen atoms in total. The number of amides is 2. The Morgan fingerprint density at radius 1 is 0.947 bits per heavy atom. The van der Waals surface area contributed by atoms with Gasteiger partial charge in [-0.2, -0.15) is 0 Å². The summed E-state index contributed by atoms with van der Waals surface area (Å²) >= 11 is 5.62. The van der Waals surface area contributed by atoms with Crippen molar-refractivity contribution in [2.75, 3.05) is 39.3 Å². The summed E-state index contributed by atoms with van der Waals surface area (Å²) in [4.78, 5) is 30.5. The van der Waals surface area contributed by atoms with Crippen LogP contribution in [0.4, 0.5) is 5.69 Å². The normalized spacial score (nSPS) is 14.0. The molecule has 2 aliphatic rings. The number of anilines is 1. The Bertz CT molecular complexity index is 1630. The van der Waals surface area contributed by atoms with E-state index in [2.05, 4.69) is 10.6 Å². The van der Waals surface area contributed by atoms with Crippen LogP contribution in [0.2, 0.25) is 0 Å². The first-order valence-electron chi connectivity index (χ1n) is 12.3. The van der Waals surface area contributed by atoms with Gasteiger partial charge in [-0.15, -0.1) is 0 Å². The van der Waals surface area contributed by atoms with Gasteiger partial charge in [-0.05, 0) is 73.0 Å². The number of benzene rings is 4. The van der Waals surface area contributed by atoms with Crippen LogP contribution in [0, 0.1) is 0 Å². The van der Waals surface area contributed by atoms with Gasteiger partial charge in [-0.1, -0.05) is 30.3 Å². The summed E-state index contributed by atoms with van der Waals surface area (Å²) in [5, 5.41) is 10.1. The van der Waals surface area contributed by atoms with E-state index in [0.717, 1.165) is 27.5 Å². The first kappa shape index (κ1) is 24.1. The van der Waals surface area contributed by atoms with Crippen molar-refractivity contribution < 1.29 is 19.1 Å². The molecule has 0 atom stereocenters. The fraction of sp³-hybridized carbons (Fsp3) is 0.207. The molecule has 2 amide bonds. The smallest absolute Gasteiger partial charge is 0.262 e. The summed E-state index contributed by atoms with van der Waals surface area (Å²) in [7, 11) is 3.84. The fourth-order valence-electron chi connectivity index (χ4n) is 5.00. The Morgan fingerprint density at radius 3 is 2.53 bits per heavy atom. The van der Waals surface area contributed by atoms with E-state index in [1.54, 1.807) is 6.07 Å². The molecule has 0 fully saturated rings. The van der Waals surface area contributed by atoms with Gasteiger partial charge in [-0.25, -0.2) is 0 Å². The molecule has 0 spiro atoms. The standard InChI is InChI=1S/C29H26N4O4S/c1-32(2)11-12-33-27(34)20-7-3-5-18-14-19-6-4-8-21(25(19)26(24(18)20)28(33)35)31-29(38)30-15-17-9-10-22-23(13-17)37-16-36-22/h3-10,13-14H,11-12,15-16H2,1-2H3,(H2,30,31,38). The van der Waals surface area contributed by atoms with Crippen LogP contribution >= 0.6 is 12.2 Å². The van der Waals surface area contributed by atoms with Crippen molar-refractivity contribution >= 4 is 56.4 Å². The lowest BCUT2D eigenvalue weighted by Crippen LogP contribution is -2.43. The molecule has 0 radical (unpaired) electrons. The van der Waals surface area contributed by atoms with Gasteiger partial charge in [0, 0.05) is 41.7 Å². The number of carbonyl (C=O) groups is 2. The Kier molecular flexibility index (Phi) is 6.09. The topological polar surface area (TPSA) is 83.1 Å². The Balaban J connectivity index is 1.36. The molecule has 9 heteroatoms. The molecule has 4 aromatic carbocycles. The van der Waals surface area contributed by atoms with E-state index < -0.39 is 0 Å². The molecule has 0 saturated carbocycles. The van der Waals surface area contributed by atoms with Crippen LogP contribution in [-0.2, 0) is 6.54 Å². The summed E-state index contributed by atoms with van der Waals surface area (Å²) in [5.74, 6) is 0.889. The predicted molar refractivity (Wildman–Crippen MR) is 151 cm³/mol. The maximum absolute atomic E-state index is 13.9. The van der Waals surface area contributed by atoms with Crippen LogP contribution in [-0.4, -0.2) is 60.7 Å². The molecule has 4 aromatic rings. The number of ether oxygens (including phenoxy) is 2. The van der Waals surface area contributed by atoms with Crippen molar-refractivity contribution in [3.8, 4) is 11.5 Å². The Morgan fingerprint density at radius 2 is 1.71 bits per heavy atom. The molecular formula is C29H26N4O4S. The van der Waals surface area contributed by atoms with Gasteiger partial charge in [-0.3, -0.25) is 14.5 Å². The summed E-state index contributed by atoms with van der Waals surface area (Å²) in [6.45, 7) is 1.59. The fourth-order valence-corrected chi connectivity index (χ4v) is 5.19. The molecule has 2 aliphatic heterocycles. The van der Waals surface area contributed by atoms with Gasteiger partial charge in [0.2, 0.25) is 6.79 Å². The van der Waals surface area contributed by atoms with E-state index in [-0.39, 0.29) is 18.6 Å². The molecule has 0 bridgehead atoms. The molecule has 0 aliphatic carbocycles. The zero-order chi connectivity index (χ0) is 26.4. The zero-order valence-corrected chi connectivity index (χ0v) is 21.9. The van der Waals surface area contributed by atoms with Crippen LogP contribution in [0.5, 0.6) is 11.5 Å². The number of fused-ring (bicyclic) bond motifs is 3. The lowest BCUT2D eigenvalue weighted by molar-refractivity contribution is 0.0602. The van der Waals surface area contributed by atoms with E-state index in [4.69, 9.17) is 21.7 Å². The summed E-state index contributed by atoms with van der Waals surface area (Å²) < 4.78 is 10.8. The average Bonchev–Trinajstić information content (AvgIpc) is 3.37. The Labute approximate surface area is 225 Å². The molecule has 0 aromatic heterocycles. The highest BCUT2D eigenvalue weighted by Gasteiger charge is 2.34. The van der Waals surface area contributed by atoms with E-state index >= 15 is 0 Å². The monoisotopic (exact) mass is 526 g/mol. The third-order valence-corrected chi connectivity index (χ3v) is 7.09. The SMILES string of the molecule is CN(C)CCN1C(=O)c2cccc3cc4cccc(NC(=S)NCc5ccc6c(c5)OCO6)c4c(c23)C1=O. The maximum Gasteiger partial charge on any atom is 0.262 e. The van der Waals surface area contributed by atoms with E-state index in [1.807, 2.05) is 73.6 Å². The molecule has 192 valence electrons. The van der Waals surface area contributed by atoms with Crippen molar-refractivity contribution in [1.82, 2.24) is 15.1 Å². The summed E-state index contributed by atoms with van der Waals surface area (Å²) in [6, 6.07) is 19.2. The number of imide groups is 1. The maximum atomic E-state index is 13.9. The molecular weight excluding hydrogens is 500 g/mol. The van der Waals surface area contributed by atoms with Gasteiger partial charge in [0.1, 0.15) is 0 Å². The number of rotatable bonds is 6. The third kappa shape index (κ3) is 4.19. The molecule has 6 rings (SSSR count). The van der Waals surface area contributed by atoms with Crippen molar-refractivity contribution in [3.63, 3.8) is 0 Å². The highest BCUT2D eigenvalue weighted by atomic mass is 32.1. The summed E-state index contributed by atoms with van der Waals surface area (Å²) in [5.41, 5.74) is 2.75. The lowest BCUT2D eigenvalue weighted by atomic mass is 9.89. The Hall–Kier alpha value is -4.21. The summed E-state index contributed by atoms with van der Waals surface area (Å²) in [6.07, 6.45) is 0. The quantitative estimate of drug-likeness (QED) is 0.218. The highest BCUT2D eigenvalue weighted by Crippen LogP contribution is 2.39. The van der Waals surface area contributed by atoms with E-state index in [0.29, 0.717) is 52.7 Å². The van der Waals surface area contributed by atoms with Gasteiger partial charge >= 0.3 is 0 Å². The number of carbonyl (C=O) groups excluding carboxylic acids is 2. The second-order valence-corrected chi connectivity index (χ2v) is 10.0. The third-order valence-electron chi connectivity index (χ3n) is 6.85. The van der Waals surface area contributed by atoms with Crippen molar-refractivity contribution in [3.05, 3.63) is 77.4 Å². The second kappa shape index (κ2) is 9.59. The van der Waals surface area contributed by atoms with Crippen molar-refractivity contribution in [2.45, 2.75) is 6.54 Å². The molecule has 0 saturated heterocycles. The predicted octanol–water partition coefficient (Wildman–Crippen LogP) is 4.37. The highest BCUT2D eigenvalue weighted by molar-refractivity contribution is 7.80. The number of hydrogen-bond donors (Lipinski definition) is 2. The van der Waals surface area contributed by atoms with Gasteiger partial charge < -0.3 is 25.0 Å². The van der Waals surface area contributed by atoms with E-state index in [1.165, 1.54) is 4.90 Å². The van der Waals surface area contributed by atoms with Crippen molar-refractivity contribution in [2.24, 2.45) is 0 Å². The number of thiocarbonyl (C=S) groups is 1. The number of likely N-dealkylation sites (N-methyl/N-ethyl adjacent to an activating group) is 1. The van der Waals surface area contributed by atoms with Crippen LogP contribution in [0.25, 0.3) is 21.5 Å². The van der Waals surface area contributed by atoms with Crippen molar-refractivity contribution in [1.29, 1.82) is 0 Å². The van der Waals surface area contributed by atoms with Gasteiger partial charge in [0.25, 0.3) is 11.8 Å². The molecule has 38 heavy (non-hydrogen) atoms. The van der Waals surface area contributed by atoms with Crippen LogP contribution in [0.3, 0.4) is 0 Å². The first-order valence-corrected chi connectivity index (χ1v) is 12.7. The number of hydrogen-bond acceptors (Lipinski definition) is 6. The average molecular weight is 527 g/mol. The minimum atomic E-state index is -0.292. The lowest BCUT2D eigenvalue weighted by Gasteiger charge is -2.29. The van der Waals surface area contributed by atoms with Crippen LogP contribution < -0.4 is 20.1 Å². The van der Waals surface area contributed by atoms with E-state index in [9.17, 15) is 9.59 Å². The number of nitrogens with zero attached hydrogens (tertiary/aromatic N) is 2. The van der Waals surface area contributed by atoms with Gasteiger partial charge in [0.05, 0.1) is 5.56 Å². The molecule has 2 N–H and O–H groups in total. The second-order valence-electron chi connectivity index (χ2n) is 9.62. The van der Waals surface area contributed by atoms with Gasteiger partial charge in [0.15, 0.2) is 16.6 Å². The first-order chi connectivity index (χ1) is 18.4. The molecule has 2 heterocycles. The minimum Gasteiger partial charge on any atom is -0.454 e. The largest absolute Gasteiger partial charge is 0.454 e. The number of nitrogens with one attached hydrogen (secondary N) is 2. The zero-order valence-electron chi connectivity index (χ0n) is 21.0.